The molecule has 0 radical (unpaired) electrons. The molecule has 0 saturated heterocycles. The van der Waals surface area contributed by atoms with Crippen LogP contribution in [0.2, 0.25) is 0 Å². The highest BCUT2D eigenvalue weighted by atomic mass is 16.5. The summed E-state index contributed by atoms with van der Waals surface area (Å²) in [5.41, 5.74) is 6.37. The number of oxazole rings is 1. The second kappa shape index (κ2) is 2.99. The van der Waals surface area contributed by atoms with Gasteiger partial charge in [0.05, 0.1) is 12.7 Å². The minimum absolute atomic E-state index is 0.0227. The third kappa shape index (κ3) is 1.26. The van der Waals surface area contributed by atoms with E-state index >= 15 is 0 Å². The van der Waals surface area contributed by atoms with Crippen LogP contribution in [-0.2, 0) is 4.74 Å². The maximum atomic E-state index is 11.1. The Morgan fingerprint density at radius 2 is 2.43 bits per heavy atom. The van der Waals surface area contributed by atoms with Crippen molar-refractivity contribution in [3.63, 3.8) is 0 Å². The average molecular weight is 193 g/mol. The quantitative estimate of drug-likeness (QED) is 0.666. The molecular formula is C8H7N3O3. The van der Waals surface area contributed by atoms with Crippen molar-refractivity contribution >= 4 is 23.2 Å². The van der Waals surface area contributed by atoms with E-state index in [4.69, 9.17) is 10.2 Å². The number of nitrogens with zero attached hydrogens (tertiary/aromatic N) is 2. The lowest BCUT2D eigenvalue weighted by molar-refractivity contribution is 0.0600. The fourth-order valence-electron chi connectivity index (χ4n) is 1.07. The highest BCUT2D eigenvalue weighted by Crippen LogP contribution is 2.15. The fraction of sp³-hybridized carbons (Fsp3) is 0.125. The van der Waals surface area contributed by atoms with E-state index < -0.39 is 5.97 Å². The molecular weight excluding hydrogens is 186 g/mol. The number of esters is 1. The van der Waals surface area contributed by atoms with Gasteiger partial charge < -0.3 is 14.9 Å². The molecule has 0 aliphatic carbocycles. The molecule has 0 amide bonds. The van der Waals surface area contributed by atoms with Gasteiger partial charge in [0.25, 0.3) is 6.01 Å². The number of nitrogen functional groups attached to an aromatic ring is 1. The number of rotatable bonds is 1. The van der Waals surface area contributed by atoms with Crippen molar-refractivity contribution in [3.05, 3.63) is 17.8 Å². The Kier molecular flexibility index (Phi) is 1.81. The highest BCUT2D eigenvalue weighted by molar-refractivity contribution is 5.92. The number of nitrogens with two attached hydrogens (primary N) is 1. The first-order valence-corrected chi connectivity index (χ1v) is 3.81. The largest absolute Gasteiger partial charge is 0.465 e. The maximum Gasteiger partial charge on any atom is 0.339 e. The molecule has 2 heterocycles. The van der Waals surface area contributed by atoms with Crippen molar-refractivity contribution in [3.8, 4) is 0 Å². The third-order valence-corrected chi connectivity index (χ3v) is 1.69. The molecule has 72 valence electrons. The molecule has 0 spiro atoms. The summed E-state index contributed by atoms with van der Waals surface area (Å²) in [6, 6.07) is 1.53. The van der Waals surface area contributed by atoms with Crippen LogP contribution >= 0.6 is 0 Å². The predicted octanol–water partition coefficient (Wildman–Crippen LogP) is 0.592. The summed E-state index contributed by atoms with van der Waals surface area (Å²) in [5, 5.41) is 0. The Balaban J connectivity index is 2.55. The summed E-state index contributed by atoms with van der Waals surface area (Å²) in [5.74, 6) is -0.471. The number of aromatic nitrogens is 2. The zero-order valence-electron chi connectivity index (χ0n) is 7.35. The number of pyridine rings is 1. The minimum atomic E-state index is -0.471. The second-order valence-corrected chi connectivity index (χ2v) is 2.59. The first-order chi connectivity index (χ1) is 6.70. The molecule has 0 saturated carbocycles. The van der Waals surface area contributed by atoms with E-state index in [-0.39, 0.29) is 6.01 Å². The van der Waals surface area contributed by atoms with Gasteiger partial charge in [0, 0.05) is 6.20 Å². The van der Waals surface area contributed by atoms with Crippen LogP contribution in [0.5, 0.6) is 0 Å². The first-order valence-electron chi connectivity index (χ1n) is 3.81. The Morgan fingerprint density at radius 1 is 1.64 bits per heavy atom. The summed E-state index contributed by atoms with van der Waals surface area (Å²) in [6.45, 7) is 0. The van der Waals surface area contributed by atoms with Crippen LogP contribution in [0.4, 0.5) is 6.01 Å². The lowest BCUT2D eigenvalue weighted by atomic mass is 10.3. The van der Waals surface area contributed by atoms with Crippen LogP contribution in [0.25, 0.3) is 11.2 Å². The Bertz CT molecular complexity index is 492. The van der Waals surface area contributed by atoms with Gasteiger partial charge in [-0.3, -0.25) is 0 Å². The van der Waals surface area contributed by atoms with Gasteiger partial charge in [-0.2, -0.15) is 4.98 Å². The van der Waals surface area contributed by atoms with Crippen LogP contribution in [0.15, 0.2) is 16.7 Å². The van der Waals surface area contributed by atoms with E-state index in [2.05, 4.69) is 14.7 Å². The molecule has 6 heteroatoms. The van der Waals surface area contributed by atoms with Crippen molar-refractivity contribution in [1.29, 1.82) is 0 Å². The second-order valence-electron chi connectivity index (χ2n) is 2.59. The van der Waals surface area contributed by atoms with Crippen LogP contribution < -0.4 is 5.73 Å². The number of hydrogen-bond donors (Lipinski definition) is 1. The monoisotopic (exact) mass is 193 g/mol. The number of carbonyl (C=O) groups excluding carboxylic acids is 1. The van der Waals surface area contributed by atoms with Crippen LogP contribution in [0.3, 0.4) is 0 Å². The van der Waals surface area contributed by atoms with E-state index in [1.54, 1.807) is 0 Å². The summed E-state index contributed by atoms with van der Waals surface area (Å²) in [4.78, 5) is 18.8. The lowest BCUT2D eigenvalue weighted by Gasteiger charge is -1.95. The Hall–Kier alpha value is -2.11. The van der Waals surface area contributed by atoms with Crippen molar-refractivity contribution in [2.45, 2.75) is 0 Å². The SMILES string of the molecule is COC(=O)c1cnc2oc(N)nc2c1. The van der Waals surface area contributed by atoms with Gasteiger partial charge in [-0.1, -0.05) is 0 Å². The van der Waals surface area contributed by atoms with Crippen molar-refractivity contribution in [2.75, 3.05) is 12.8 Å². The molecule has 0 bridgehead atoms. The van der Waals surface area contributed by atoms with Gasteiger partial charge >= 0.3 is 5.97 Å². The van der Waals surface area contributed by atoms with Gasteiger partial charge in [-0.05, 0) is 6.07 Å². The molecule has 0 atom stereocenters. The van der Waals surface area contributed by atoms with Gasteiger partial charge in [0.1, 0.15) is 5.52 Å². The number of ether oxygens (including phenoxy) is 1. The minimum Gasteiger partial charge on any atom is -0.465 e. The van der Waals surface area contributed by atoms with Gasteiger partial charge in [0.15, 0.2) is 0 Å². The molecule has 0 aliphatic heterocycles. The smallest absolute Gasteiger partial charge is 0.339 e. The molecule has 2 aromatic heterocycles. The molecule has 2 N–H and O–H groups in total. The summed E-state index contributed by atoms with van der Waals surface area (Å²) in [7, 11) is 1.30. The number of fused-ring (bicyclic) bond motifs is 1. The van der Waals surface area contributed by atoms with Crippen LogP contribution in [0, 0.1) is 0 Å². The first kappa shape index (κ1) is 8.49. The molecule has 2 rings (SSSR count). The average Bonchev–Trinajstić information content (AvgIpc) is 2.55. The highest BCUT2D eigenvalue weighted by Gasteiger charge is 2.10. The maximum absolute atomic E-state index is 11.1. The van der Waals surface area contributed by atoms with Crippen LogP contribution in [0.1, 0.15) is 10.4 Å². The van der Waals surface area contributed by atoms with Crippen LogP contribution in [-0.4, -0.2) is 23.0 Å². The molecule has 0 unspecified atom stereocenters. The van der Waals surface area contributed by atoms with E-state index in [0.29, 0.717) is 16.8 Å². The topological polar surface area (TPSA) is 91.2 Å². The number of carbonyl (C=O) groups is 1. The van der Waals surface area contributed by atoms with Crippen molar-refractivity contribution in [2.24, 2.45) is 0 Å². The van der Waals surface area contributed by atoms with E-state index in [1.807, 2.05) is 0 Å². The summed E-state index contributed by atoms with van der Waals surface area (Å²) in [6.07, 6.45) is 1.35. The third-order valence-electron chi connectivity index (χ3n) is 1.69. The van der Waals surface area contributed by atoms with Crippen molar-refractivity contribution in [1.82, 2.24) is 9.97 Å². The zero-order chi connectivity index (χ0) is 10.1. The number of anilines is 1. The van der Waals surface area contributed by atoms with Crippen molar-refractivity contribution < 1.29 is 13.9 Å². The van der Waals surface area contributed by atoms with E-state index in [0.717, 1.165) is 0 Å². The molecule has 0 aliphatic rings. The fourth-order valence-corrected chi connectivity index (χ4v) is 1.07. The molecule has 0 aromatic carbocycles. The normalized spacial score (nSPS) is 10.4. The van der Waals surface area contributed by atoms with Gasteiger partial charge in [-0.25, -0.2) is 9.78 Å². The van der Waals surface area contributed by atoms with E-state index in [9.17, 15) is 4.79 Å². The van der Waals surface area contributed by atoms with Gasteiger partial charge in [0.2, 0.25) is 5.71 Å². The Morgan fingerprint density at radius 3 is 3.14 bits per heavy atom. The summed E-state index contributed by atoms with van der Waals surface area (Å²) >= 11 is 0. The summed E-state index contributed by atoms with van der Waals surface area (Å²) < 4.78 is 9.46. The molecule has 6 nitrogen and oxygen atoms in total. The molecule has 2 aromatic rings. The Labute approximate surface area is 78.7 Å². The number of methoxy groups -OCH3 is 1. The molecule has 14 heavy (non-hydrogen) atoms. The number of hydrogen-bond acceptors (Lipinski definition) is 6. The van der Waals surface area contributed by atoms with Gasteiger partial charge in [-0.15, -0.1) is 0 Å². The zero-order valence-corrected chi connectivity index (χ0v) is 7.35. The standard InChI is InChI=1S/C8H7N3O3/c1-13-7(12)4-2-5-6(10-3-4)14-8(9)11-5/h2-3H,1H3,(H2,9,11). The lowest BCUT2D eigenvalue weighted by Crippen LogP contribution is -2.01. The van der Waals surface area contributed by atoms with E-state index in [1.165, 1.54) is 19.4 Å². The molecule has 0 fully saturated rings. The predicted molar refractivity (Wildman–Crippen MR) is 47.6 cm³/mol.